The van der Waals surface area contributed by atoms with E-state index in [0.29, 0.717) is 10.7 Å². The zero-order valence-corrected chi connectivity index (χ0v) is 25.8. The Morgan fingerprint density at radius 1 is 1.20 bits per heavy atom. The standard InChI is InChI=1S/C24H37N5O10S2/c1-13-15(27-17(30)16(14-11-40-21(25)26-14)28-39-24(7,8)19(32)33)18(31)29(13)41(35,36)38-12-23(5,6)9-10-37-20(34)22(2,3)4/h11,13,15H,9-10,12H2,1-8H3,(H2,25,26)(H,27,30)(H,32,33)/b28-16+/t13-,15-/m0/s1. The van der Waals surface area contributed by atoms with Crippen LogP contribution in [0.25, 0.3) is 0 Å². The number of thiazole rings is 1. The Hall–Kier alpha value is -3.31. The number of aromatic nitrogens is 1. The summed E-state index contributed by atoms with van der Waals surface area (Å²) >= 11 is 0.986. The van der Waals surface area contributed by atoms with E-state index >= 15 is 0 Å². The van der Waals surface area contributed by atoms with Crippen molar-refractivity contribution in [3.05, 3.63) is 11.1 Å². The number of rotatable bonds is 13. The number of hydrogen-bond donors (Lipinski definition) is 3. The van der Waals surface area contributed by atoms with E-state index in [2.05, 4.69) is 15.5 Å². The first-order valence-electron chi connectivity index (χ1n) is 12.5. The lowest BCUT2D eigenvalue weighted by molar-refractivity contribution is -0.161. The molecule has 1 aliphatic heterocycles. The summed E-state index contributed by atoms with van der Waals surface area (Å²) < 4.78 is 36.5. The van der Waals surface area contributed by atoms with Crippen LogP contribution in [0.4, 0.5) is 5.13 Å². The number of hydrogen-bond acceptors (Lipinski definition) is 13. The highest BCUT2D eigenvalue weighted by Crippen LogP contribution is 2.28. The number of nitrogens with one attached hydrogen (secondary N) is 1. The van der Waals surface area contributed by atoms with Crippen LogP contribution < -0.4 is 11.1 Å². The molecule has 15 nitrogen and oxygen atoms in total. The summed E-state index contributed by atoms with van der Waals surface area (Å²) in [6.45, 7) is 12.2. The fourth-order valence-electron chi connectivity index (χ4n) is 3.10. The van der Waals surface area contributed by atoms with E-state index in [1.54, 1.807) is 34.6 Å². The molecule has 0 saturated carbocycles. The molecule has 2 atom stereocenters. The molecule has 2 rings (SSSR count). The van der Waals surface area contributed by atoms with Crippen molar-refractivity contribution >= 4 is 56.2 Å². The Labute approximate surface area is 242 Å². The monoisotopic (exact) mass is 619 g/mol. The van der Waals surface area contributed by atoms with Crippen molar-refractivity contribution in [1.29, 1.82) is 0 Å². The Kier molecular flexibility index (Phi) is 10.2. The van der Waals surface area contributed by atoms with E-state index in [9.17, 15) is 32.7 Å². The molecule has 2 amide bonds. The Bertz CT molecular complexity index is 1310. The highest BCUT2D eigenvalue weighted by Gasteiger charge is 2.53. The van der Waals surface area contributed by atoms with Crippen LogP contribution >= 0.6 is 11.3 Å². The fourth-order valence-corrected chi connectivity index (χ4v) is 5.09. The molecular formula is C24H37N5O10S2. The van der Waals surface area contributed by atoms with E-state index in [4.69, 9.17) is 19.5 Å². The van der Waals surface area contributed by atoms with E-state index in [-0.39, 0.29) is 24.0 Å². The van der Waals surface area contributed by atoms with Gasteiger partial charge in [0, 0.05) is 5.38 Å². The summed E-state index contributed by atoms with van der Waals surface area (Å²) in [6, 6.07) is -2.29. The van der Waals surface area contributed by atoms with Crippen molar-refractivity contribution in [2.75, 3.05) is 18.9 Å². The van der Waals surface area contributed by atoms with Crippen LogP contribution in [-0.2, 0) is 43.2 Å². The molecule has 1 fully saturated rings. The number of anilines is 1. The molecule has 1 aromatic rings. The summed E-state index contributed by atoms with van der Waals surface area (Å²) in [5.41, 5.74) is 1.95. The van der Waals surface area contributed by atoms with E-state index in [1.807, 2.05) is 0 Å². The third kappa shape index (κ3) is 8.59. The minimum atomic E-state index is -4.52. The maximum Gasteiger partial charge on any atom is 0.365 e. The number of carboxylic acid groups (broad SMARTS) is 1. The van der Waals surface area contributed by atoms with Gasteiger partial charge in [-0.2, -0.15) is 8.42 Å². The zero-order valence-electron chi connectivity index (χ0n) is 24.2. The van der Waals surface area contributed by atoms with E-state index in [1.165, 1.54) is 26.2 Å². The van der Waals surface area contributed by atoms with Gasteiger partial charge in [0.1, 0.15) is 11.7 Å². The molecule has 0 unspecified atom stereocenters. The van der Waals surface area contributed by atoms with Crippen LogP contribution in [0.3, 0.4) is 0 Å². The Morgan fingerprint density at radius 2 is 1.80 bits per heavy atom. The van der Waals surface area contributed by atoms with Gasteiger partial charge in [-0.1, -0.05) is 19.0 Å². The molecular weight excluding hydrogens is 582 g/mol. The molecule has 1 saturated heterocycles. The maximum absolute atomic E-state index is 13.0. The van der Waals surface area contributed by atoms with Gasteiger partial charge < -0.3 is 25.7 Å². The number of β-lactam (4-membered cyclic amide) rings is 1. The van der Waals surface area contributed by atoms with Gasteiger partial charge in [-0.3, -0.25) is 18.6 Å². The average molecular weight is 620 g/mol. The lowest BCUT2D eigenvalue weighted by Crippen LogP contribution is -2.71. The van der Waals surface area contributed by atoms with Crippen molar-refractivity contribution in [2.45, 2.75) is 79.5 Å². The summed E-state index contributed by atoms with van der Waals surface area (Å²) in [5.74, 6) is -3.66. The largest absolute Gasteiger partial charge is 0.478 e. The first-order chi connectivity index (χ1) is 18.6. The van der Waals surface area contributed by atoms with Crippen molar-refractivity contribution < 1.29 is 46.5 Å². The van der Waals surface area contributed by atoms with Crippen LogP contribution in [-0.4, -0.2) is 83.2 Å². The third-order valence-electron chi connectivity index (χ3n) is 5.95. The average Bonchev–Trinajstić information content (AvgIpc) is 3.26. The summed E-state index contributed by atoms with van der Waals surface area (Å²) in [7, 11) is -4.52. The second-order valence-corrected chi connectivity index (χ2v) is 14.1. The first-order valence-corrected chi connectivity index (χ1v) is 14.8. The maximum atomic E-state index is 13.0. The number of nitrogens with two attached hydrogens (primary N) is 1. The quantitative estimate of drug-likeness (QED) is 0.123. The predicted octanol–water partition coefficient (Wildman–Crippen LogP) is 1.29. The molecule has 1 aliphatic rings. The number of esters is 1. The van der Waals surface area contributed by atoms with Crippen LogP contribution in [0, 0.1) is 10.8 Å². The fraction of sp³-hybridized carbons (Fsp3) is 0.667. The lowest BCUT2D eigenvalue weighted by Gasteiger charge is -2.43. The van der Waals surface area contributed by atoms with Gasteiger partial charge in [0.2, 0.25) is 5.60 Å². The van der Waals surface area contributed by atoms with Gasteiger partial charge in [0.15, 0.2) is 10.8 Å². The Balaban J connectivity index is 2.06. The highest BCUT2D eigenvalue weighted by molar-refractivity contribution is 7.85. The molecule has 0 radical (unpaired) electrons. The first kappa shape index (κ1) is 33.9. The zero-order chi connectivity index (χ0) is 31.6. The summed E-state index contributed by atoms with van der Waals surface area (Å²) in [6.07, 6.45) is 0.302. The number of oxime groups is 1. The number of ether oxygens (including phenoxy) is 1. The van der Waals surface area contributed by atoms with Crippen LogP contribution in [0.1, 0.15) is 67.5 Å². The molecule has 2 heterocycles. The second kappa shape index (κ2) is 12.3. The third-order valence-corrected chi connectivity index (χ3v) is 8.03. The number of carbonyl (C=O) groups is 4. The number of nitrogen functional groups attached to an aromatic ring is 1. The number of amides is 2. The number of carboxylic acids is 1. The van der Waals surface area contributed by atoms with Crippen molar-refractivity contribution in [3.63, 3.8) is 0 Å². The summed E-state index contributed by atoms with van der Waals surface area (Å²) in [4.78, 5) is 58.1. The van der Waals surface area contributed by atoms with Gasteiger partial charge in [-0.15, -0.1) is 11.3 Å². The number of carbonyl (C=O) groups excluding carboxylic acids is 3. The second-order valence-electron chi connectivity index (χ2n) is 11.8. The molecule has 1 aromatic heterocycles. The molecule has 41 heavy (non-hydrogen) atoms. The Morgan fingerprint density at radius 3 is 2.29 bits per heavy atom. The number of aliphatic carboxylic acids is 1. The highest BCUT2D eigenvalue weighted by atomic mass is 32.2. The van der Waals surface area contributed by atoms with Gasteiger partial charge in [0.25, 0.3) is 11.8 Å². The molecule has 17 heteroatoms. The van der Waals surface area contributed by atoms with Crippen LogP contribution in [0.15, 0.2) is 10.5 Å². The number of nitrogens with zero attached hydrogens (tertiary/aromatic N) is 3. The minimum Gasteiger partial charge on any atom is -0.478 e. The SMILES string of the molecule is C[C@H]1[C@H](NC(=O)/C(=N/OC(C)(C)C(=O)O)c2csc(N)n2)C(=O)N1S(=O)(=O)OCC(C)(C)CCOC(=O)C(C)(C)C. The van der Waals surface area contributed by atoms with Gasteiger partial charge in [0.05, 0.1) is 24.7 Å². The van der Waals surface area contributed by atoms with Crippen molar-refractivity contribution in [2.24, 2.45) is 16.0 Å². The van der Waals surface area contributed by atoms with Crippen LogP contribution in [0.5, 0.6) is 0 Å². The molecule has 0 aliphatic carbocycles. The summed E-state index contributed by atoms with van der Waals surface area (Å²) in [5, 5.41) is 16.8. The normalized spacial score (nSPS) is 18.5. The van der Waals surface area contributed by atoms with Gasteiger partial charge in [-0.25, -0.2) is 14.1 Å². The van der Waals surface area contributed by atoms with Gasteiger partial charge in [-0.05, 0) is 53.4 Å². The van der Waals surface area contributed by atoms with E-state index in [0.717, 1.165) is 11.3 Å². The minimum absolute atomic E-state index is 0.0335. The van der Waals surface area contributed by atoms with Crippen LogP contribution in [0.2, 0.25) is 0 Å². The molecule has 0 spiro atoms. The molecule has 0 bridgehead atoms. The lowest BCUT2D eigenvalue weighted by atomic mass is 9.91. The van der Waals surface area contributed by atoms with Crippen molar-refractivity contribution in [3.8, 4) is 0 Å². The predicted molar refractivity (Wildman–Crippen MR) is 148 cm³/mol. The molecule has 4 N–H and O–H groups in total. The smallest absolute Gasteiger partial charge is 0.365 e. The van der Waals surface area contributed by atoms with Gasteiger partial charge >= 0.3 is 22.2 Å². The van der Waals surface area contributed by atoms with Crippen molar-refractivity contribution in [1.82, 2.24) is 14.6 Å². The van der Waals surface area contributed by atoms with E-state index < -0.39 is 68.3 Å². The molecule has 230 valence electrons. The topological polar surface area (TPSA) is 217 Å². The molecule has 0 aromatic carbocycles.